The molecule has 2 N–H and O–H groups in total. The molecule has 1 heterocycles. The van der Waals surface area contributed by atoms with Crippen molar-refractivity contribution in [2.45, 2.75) is 19.9 Å². The minimum Gasteiger partial charge on any atom is -0.493 e. The van der Waals surface area contributed by atoms with E-state index in [2.05, 4.69) is 10.6 Å². The standard InChI is InChI=1S/C18H22N2O5/c1-3-24-14-7-6-13(11-16(14)23-2)12-20-17(21)8-9-19-18(22)15-5-4-10-25-15/h4-7,10-11H,3,8-9,12H2,1-2H3,(H,19,22)(H,20,21). The van der Waals surface area contributed by atoms with Crippen LogP contribution in [0, 0.1) is 0 Å². The van der Waals surface area contributed by atoms with Gasteiger partial charge in [-0.2, -0.15) is 0 Å². The lowest BCUT2D eigenvalue weighted by Crippen LogP contribution is -2.30. The molecule has 2 rings (SSSR count). The number of hydrogen-bond acceptors (Lipinski definition) is 5. The van der Waals surface area contributed by atoms with Crippen molar-refractivity contribution in [1.29, 1.82) is 0 Å². The fraction of sp³-hybridized carbons (Fsp3) is 0.333. The first-order chi connectivity index (χ1) is 12.1. The quantitative estimate of drug-likeness (QED) is 0.726. The summed E-state index contributed by atoms with van der Waals surface area (Å²) in [6.07, 6.45) is 1.60. The van der Waals surface area contributed by atoms with E-state index in [1.807, 2.05) is 25.1 Å². The molecule has 2 amide bonds. The van der Waals surface area contributed by atoms with Gasteiger partial charge in [-0.05, 0) is 36.8 Å². The molecule has 134 valence electrons. The van der Waals surface area contributed by atoms with E-state index in [0.717, 1.165) is 5.56 Å². The van der Waals surface area contributed by atoms with Gasteiger partial charge in [-0.15, -0.1) is 0 Å². The maximum Gasteiger partial charge on any atom is 0.286 e. The molecule has 0 unspecified atom stereocenters. The number of benzene rings is 1. The second kappa shape index (κ2) is 9.36. The summed E-state index contributed by atoms with van der Waals surface area (Å²) in [6.45, 7) is 3.06. The third kappa shape index (κ3) is 5.56. The van der Waals surface area contributed by atoms with Crippen molar-refractivity contribution in [2.24, 2.45) is 0 Å². The number of furan rings is 1. The third-order valence-electron chi connectivity index (χ3n) is 3.40. The van der Waals surface area contributed by atoms with Crippen LogP contribution >= 0.6 is 0 Å². The summed E-state index contributed by atoms with van der Waals surface area (Å²) in [5.74, 6) is 1.02. The van der Waals surface area contributed by atoms with E-state index in [0.29, 0.717) is 24.7 Å². The van der Waals surface area contributed by atoms with Crippen LogP contribution in [0.15, 0.2) is 41.0 Å². The summed E-state index contributed by atoms with van der Waals surface area (Å²) < 4.78 is 15.7. The second-order valence-electron chi connectivity index (χ2n) is 5.18. The molecular weight excluding hydrogens is 324 g/mol. The van der Waals surface area contributed by atoms with Crippen LogP contribution in [-0.2, 0) is 11.3 Å². The molecule has 0 fully saturated rings. The number of methoxy groups -OCH3 is 1. The summed E-state index contributed by atoms with van der Waals surface area (Å²) in [7, 11) is 1.57. The lowest BCUT2D eigenvalue weighted by molar-refractivity contribution is -0.121. The Balaban J connectivity index is 1.75. The van der Waals surface area contributed by atoms with Crippen LogP contribution in [-0.4, -0.2) is 32.1 Å². The molecule has 1 aromatic carbocycles. The number of carbonyl (C=O) groups excluding carboxylic acids is 2. The van der Waals surface area contributed by atoms with Crippen LogP contribution in [0.1, 0.15) is 29.5 Å². The van der Waals surface area contributed by atoms with Gasteiger partial charge in [0.1, 0.15) is 0 Å². The Bertz CT molecular complexity index is 697. The van der Waals surface area contributed by atoms with Gasteiger partial charge in [0.2, 0.25) is 5.91 Å². The number of rotatable bonds is 9. The van der Waals surface area contributed by atoms with Crippen molar-refractivity contribution in [3.8, 4) is 11.5 Å². The molecule has 0 aliphatic heterocycles. The van der Waals surface area contributed by atoms with E-state index >= 15 is 0 Å². The summed E-state index contributed by atoms with van der Waals surface area (Å²) in [5, 5.41) is 5.42. The average molecular weight is 346 g/mol. The molecule has 0 aliphatic rings. The normalized spacial score (nSPS) is 10.2. The lowest BCUT2D eigenvalue weighted by atomic mass is 10.2. The summed E-state index contributed by atoms with van der Waals surface area (Å²) in [6, 6.07) is 8.70. The van der Waals surface area contributed by atoms with Gasteiger partial charge < -0.3 is 24.5 Å². The Morgan fingerprint density at radius 1 is 1.16 bits per heavy atom. The molecule has 1 aromatic heterocycles. The number of ether oxygens (including phenoxy) is 2. The van der Waals surface area contributed by atoms with E-state index < -0.39 is 0 Å². The first kappa shape index (κ1) is 18.4. The smallest absolute Gasteiger partial charge is 0.286 e. The van der Waals surface area contributed by atoms with E-state index in [1.54, 1.807) is 19.2 Å². The molecule has 0 bridgehead atoms. The number of amides is 2. The maximum absolute atomic E-state index is 11.9. The van der Waals surface area contributed by atoms with Gasteiger partial charge in [-0.1, -0.05) is 6.07 Å². The van der Waals surface area contributed by atoms with Crippen LogP contribution in [0.3, 0.4) is 0 Å². The molecule has 2 aromatic rings. The third-order valence-corrected chi connectivity index (χ3v) is 3.40. The van der Waals surface area contributed by atoms with Gasteiger partial charge in [0, 0.05) is 19.5 Å². The van der Waals surface area contributed by atoms with Crippen LogP contribution in [0.5, 0.6) is 11.5 Å². The molecular formula is C18H22N2O5. The first-order valence-electron chi connectivity index (χ1n) is 8.02. The maximum atomic E-state index is 11.9. The van der Waals surface area contributed by atoms with E-state index in [9.17, 15) is 9.59 Å². The zero-order valence-corrected chi connectivity index (χ0v) is 14.3. The van der Waals surface area contributed by atoms with Crippen molar-refractivity contribution < 1.29 is 23.5 Å². The Morgan fingerprint density at radius 2 is 2.00 bits per heavy atom. The minimum absolute atomic E-state index is 0.160. The van der Waals surface area contributed by atoms with Crippen molar-refractivity contribution in [3.63, 3.8) is 0 Å². The summed E-state index contributed by atoms with van der Waals surface area (Å²) >= 11 is 0. The highest BCUT2D eigenvalue weighted by atomic mass is 16.5. The van der Waals surface area contributed by atoms with Gasteiger partial charge >= 0.3 is 0 Å². The Morgan fingerprint density at radius 3 is 2.68 bits per heavy atom. The summed E-state index contributed by atoms with van der Waals surface area (Å²) in [5.41, 5.74) is 0.897. The predicted molar refractivity (Wildman–Crippen MR) is 91.7 cm³/mol. The second-order valence-corrected chi connectivity index (χ2v) is 5.18. The van der Waals surface area contributed by atoms with E-state index in [4.69, 9.17) is 13.9 Å². The fourth-order valence-electron chi connectivity index (χ4n) is 2.17. The van der Waals surface area contributed by atoms with Crippen LogP contribution in [0.25, 0.3) is 0 Å². The first-order valence-corrected chi connectivity index (χ1v) is 8.02. The van der Waals surface area contributed by atoms with Crippen LogP contribution < -0.4 is 20.1 Å². The van der Waals surface area contributed by atoms with Gasteiger partial charge in [0.15, 0.2) is 17.3 Å². The summed E-state index contributed by atoms with van der Waals surface area (Å²) in [4.78, 5) is 23.5. The van der Waals surface area contributed by atoms with E-state index in [-0.39, 0.29) is 30.5 Å². The highest BCUT2D eigenvalue weighted by Gasteiger charge is 2.09. The monoisotopic (exact) mass is 346 g/mol. The largest absolute Gasteiger partial charge is 0.493 e. The zero-order valence-electron chi connectivity index (χ0n) is 14.3. The van der Waals surface area contributed by atoms with Gasteiger partial charge in [-0.25, -0.2) is 0 Å². The SMILES string of the molecule is CCOc1ccc(CNC(=O)CCNC(=O)c2ccco2)cc1OC. The van der Waals surface area contributed by atoms with Gasteiger partial charge in [0.25, 0.3) is 5.91 Å². The number of nitrogens with one attached hydrogen (secondary N) is 2. The Kier molecular flexibility index (Phi) is 6.88. The molecule has 0 atom stereocenters. The molecule has 25 heavy (non-hydrogen) atoms. The van der Waals surface area contributed by atoms with Gasteiger partial charge in [0.05, 0.1) is 20.0 Å². The van der Waals surface area contributed by atoms with E-state index in [1.165, 1.54) is 6.26 Å². The molecule has 7 heteroatoms. The lowest BCUT2D eigenvalue weighted by Gasteiger charge is -2.11. The Labute approximate surface area is 146 Å². The Hall–Kier alpha value is -2.96. The van der Waals surface area contributed by atoms with Gasteiger partial charge in [-0.3, -0.25) is 9.59 Å². The number of hydrogen-bond donors (Lipinski definition) is 2. The molecule has 0 saturated carbocycles. The highest BCUT2D eigenvalue weighted by molar-refractivity contribution is 5.91. The topological polar surface area (TPSA) is 89.8 Å². The van der Waals surface area contributed by atoms with Crippen molar-refractivity contribution in [3.05, 3.63) is 47.9 Å². The molecule has 7 nitrogen and oxygen atoms in total. The average Bonchev–Trinajstić information content (AvgIpc) is 3.15. The van der Waals surface area contributed by atoms with Crippen LogP contribution in [0.4, 0.5) is 0 Å². The van der Waals surface area contributed by atoms with Crippen molar-refractivity contribution >= 4 is 11.8 Å². The predicted octanol–water partition coefficient (Wildman–Crippen LogP) is 2.12. The van der Waals surface area contributed by atoms with Crippen molar-refractivity contribution in [2.75, 3.05) is 20.3 Å². The molecule has 0 spiro atoms. The molecule has 0 radical (unpaired) electrons. The molecule has 0 saturated heterocycles. The van der Waals surface area contributed by atoms with Crippen molar-refractivity contribution in [1.82, 2.24) is 10.6 Å². The van der Waals surface area contributed by atoms with Crippen LogP contribution in [0.2, 0.25) is 0 Å². The highest BCUT2D eigenvalue weighted by Crippen LogP contribution is 2.27. The minimum atomic E-state index is -0.339. The fourth-order valence-corrected chi connectivity index (χ4v) is 2.17. The molecule has 0 aliphatic carbocycles. The zero-order chi connectivity index (χ0) is 18.1. The number of carbonyl (C=O) groups is 2.